The zero-order valence-corrected chi connectivity index (χ0v) is 22.6. The molecule has 1 fully saturated rings. The summed E-state index contributed by atoms with van der Waals surface area (Å²) in [6.45, 7) is 7.13. The number of hydrogen-bond acceptors (Lipinski definition) is 7. The summed E-state index contributed by atoms with van der Waals surface area (Å²) >= 11 is 12.5. The Labute approximate surface area is 228 Å². The molecule has 0 N–H and O–H groups in total. The van der Waals surface area contributed by atoms with Crippen LogP contribution in [-0.4, -0.2) is 69.6 Å². The van der Waals surface area contributed by atoms with Gasteiger partial charge >= 0.3 is 6.16 Å². The molecule has 2 aromatic carbocycles. The third-order valence-corrected chi connectivity index (χ3v) is 7.42. The number of halogens is 2. The van der Waals surface area contributed by atoms with Crippen molar-refractivity contribution < 1.29 is 23.8 Å². The summed E-state index contributed by atoms with van der Waals surface area (Å²) in [5.74, 6) is 0.605. The molecular weight excluding hydrogens is 517 g/mol. The second-order valence-corrected chi connectivity index (χ2v) is 9.81. The van der Waals surface area contributed by atoms with E-state index >= 15 is 0 Å². The van der Waals surface area contributed by atoms with Crippen molar-refractivity contribution in [2.24, 2.45) is 0 Å². The number of aryl methyl sites for hydroxylation is 1. The number of hydrogen-bond donors (Lipinski definition) is 0. The fourth-order valence-electron chi connectivity index (χ4n) is 4.60. The van der Waals surface area contributed by atoms with Crippen LogP contribution < -0.4 is 14.5 Å². The monoisotopic (exact) mass is 549 g/mol. The predicted molar refractivity (Wildman–Crippen MR) is 145 cm³/mol. The van der Waals surface area contributed by atoms with Crippen molar-refractivity contribution in [2.75, 3.05) is 62.5 Å². The van der Waals surface area contributed by atoms with Crippen LogP contribution in [0.25, 0.3) is 0 Å². The number of unbranched alkanes of at least 4 members (excludes halogenated alkanes) is 1. The minimum absolute atomic E-state index is 0.0910. The second-order valence-electron chi connectivity index (χ2n) is 9.03. The molecule has 8 nitrogen and oxygen atoms in total. The van der Waals surface area contributed by atoms with Crippen LogP contribution in [0.15, 0.2) is 36.4 Å². The predicted octanol–water partition coefficient (Wildman–Crippen LogP) is 5.38. The van der Waals surface area contributed by atoms with Gasteiger partial charge in [-0.2, -0.15) is 0 Å². The molecule has 4 rings (SSSR count). The average molecular weight is 550 g/mol. The van der Waals surface area contributed by atoms with Crippen LogP contribution in [0.1, 0.15) is 31.7 Å². The Hall–Kier alpha value is -2.68. The number of carbonyl (C=O) groups excluding carboxylic acids is 2. The molecule has 2 aliphatic heterocycles. The summed E-state index contributed by atoms with van der Waals surface area (Å²) in [6, 6.07) is 11.5. The Morgan fingerprint density at radius 1 is 0.973 bits per heavy atom. The third-order valence-electron chi connectivity index (χ3n) is 6.61. The number of benzene rings is 2. The van der Waals surface area contributed by atoms with Crippen molar-refractivity contribution in [3.05, 3.63) is 52.0 Å². The molecule has 0 unspecified atom stereocenters. The summed E-state index contributed by atoms with van der Waals surface area (Å²) in [5, 5.41) is 1.21. The quantitative estimate of drug-likeness (QED) is 0.291. The van der Waals surface area contributed by atoms with E-state index in [1.54, 1.807) is 6.92 Å². The lowest BCUT2D eigenvalue weighted by molar-refractivity contribution is -0.119. The molecule has 200 valence electrons. The fourth-order valence-corrected chi connectivity index (χ4v) is 5.02. The summed E-state index contributed by atoms with van der Waals surface area (Å²) in [4.78, 5) is 30.2. The molecule has 0 aromatic heterocycles. The van der Waals surface area contributed by atoms with Crippen LogP contribution in [0.2, 0.25) is 10.0 Å². The Balaban J connectivity index is 1.20. The lowest BCUT2D eigenvalue weighted by Gasteiger charge is -2.36. The molecule has 2 heterocycles. The highest BCUT2D eigenvalue weighted by molar-refractivity contribution is 6.43. The van der Waals surface area contributed by atoms with Gasteiger partial charge in [-0.05, 0) is 56.5 Å². The SMILES string of the molecule is CCOC(=O)OCN1C(=O)CCc2ccc(OCCCCN3CCN(c4cccc(Cl)c4Cl)CC3)cc21. The number of nitrogens with zero attached hydrogens (tertiary/aromatic N) is 3. The normalized spacial score (nSPS) is 15.9. The van der Waals surface area contributed by atoms with Gasteiger partial charge in [0, 0.05) is 38.7 Å². The molecule has 1 amide bonds. The van der Waals surface area contributed by atoms with Crippen LogP contribution in [0.3, 0.4) is 0 Å². The second kappa shape index (κ2) is 13.2. The van der Waals surface area contributed by atoms with E-state index in [1.807, 2.05) is 36.4 Å². The maximum absolute atomic E-state index is 12.5. The molecule has 2 aliphatic rings. The molecule has 0 spiro atoms. The summed E-state index contributed by atoms with van der Waals surface area (Å²) in [7, 11) is 0. The number of anilines is 2. The van der Waals surface area contributed by atoms with Gasteiger partial charge in [0.2, 0.25) is 5.91 Å². The Morgan fingerprint density at radius 3 is 2.57 bits per heavy atom. The van der Waals surface area contributed by atoms with Gasteiger partial charge in [-0.1, -0.05) is 35.3 Å². The highest BCUT2D eigenvalue weighted by atomic mass is 35.5. The van der Waals surface area contributed by atoms with Gasteiger partial charge in [-0.15, -0.1) is 0 Å². The Bertz CT molecular complexity index is 1090. The molecule has 0 atom stereocenters. The van der Waals surface area contributed by atoms with Crippen LogP contribution in [0.4, 0.5) is 16.2 Å². The van der Waals surface area contributed by atoms with Crippen LogP contribution >= 0.6 is 23.2 Å². The van der Waals surface area contributed by atoms with Gasteiger partial charge in [0.25, 0.3) is 0 Å². The van der Waals surface area contributed by atoms with E-state index in [1.165, 1.54) is 4.90 Å². The van der Waals surface area contributed by atoms with Crippen molar-refractivity contribution in [3.8, 4) is 5.75 Å². The van der Waals surface area contributed by atoms with E-state index in [-0.39, 0.29) is 19.2 Å². The van der Waals surface area contributed by atoms with Crippen LogP contribution in [0, 0.1) is 0 Å². The van der Waals surface area contributed by atoms with Gasteiger partial charge < -0.3 is 19.1 Å². The van der Waals surface area contributed by atoms with Crippen molar-refractivity contribution in [1.82, 2.24) is 4.90 Å². The maximum atomic E-state index is 12.5. The maximum Gasteiger partial charge on any atom is 0.510 e. The zero-order valence-electron chi connectivity index (χ0n) is 21.1. The third kappa shape index (κ3) is 7.21. The van der Waals surface area contributed by atoms with Crippen LogP contribution in [0.5, 0.6) is 5.75 Å². The smallest absolute Gasteiger partial charge is 0.494 e. The van der Waals surface area contributed by atoms with Crippen molar-refractivity contribution >= 4 is 46.6 Å². The Morgan fingerprint density at radius 2 is 1.78 bits per heavy atom. The molecular formula is C27H33Cl2N3O5. The van der Waals surface area contributed by atoms with E-state index in [0.29, 0.717) is 35.2 Å². The van der Waals surface area contributed by atoms with Crippen molar-refractivity contribution in [2.45, 2.75) is 32.6 Å². The highest BCUT2D eigenvalue weighted by Gasteiger charge is 2.26. The number of amides is 1. The van der Waals surface area contributed by atoms with Gasteiger partial charge in [0.05, 0.1) is 34.6 Å². The molecule has 2 aromatic rings. The van der Waals surface area contributed by atoms with Crippen molar-refractivity contribution in [3.63, 3.8) is 0 Å². The number of ether oxygens (including phenoxy) is 3. The number of fused-ring (bicyclic) bond motifs is 1. The summed E-state index contributed by atoms with van der Waals surface area (Å²) < 4.78 is 15.9. The first-order valence-corrected chi connectivity index (χ1v) is 13.5. The number of piperazine rings is 1. The molecule has 0 saturated carbocycles. The minimum atomic E-state index is -0.787. The standard InChI is InChI=1S/C27H33Cl2N3O5/c1-2-35-27(34)37-19-32-24-18-21(10-8-20(24)9-11-25(32)33)36-17-4-3-12-30-13-15-31(16-14-30)23-7-5-6-22(28)26(23)29/h5-8,10,18H,2-4,9,11-17,19H2,1H3. The van der Waals surface area contributed by atoms with Crippen molar-refractivity contribution in [1.29, 1.82) is 0 Å². The van der Waals surface area contributed by atoms with Gasteiger partial charge in [-0.25, -0.2) is 4.79 Å². The highest BCUT2D eigenvalue weighted by Crippen LogP contribution is 2.33. The zero-order chi connectivity index (χ0) is 26.2. The van der Waals surface area contributed by atoms with E-state index in [2.05, 4.69) is 9.80 Å². The van der Waals surface area contributed by atoms with E-state index in [4.69, 9.17) is 37.4 Å². The molecule has 0 radical (unpaired) electrons. The number of rotatable bonds is 10. The van der Waals surface area contributed by atoms with Crippen LogP contribution in [-0.2, 0) is 20.7 Å². The first kappa shape index (κ1) is 27.4. The van der Waals surface area contributed by atoms with Gasteiger partial charge in [0.1, 0.15) is 5.75 Å². The molecule has 1 saturated heterocycles. The molecule has 37 heavy (non-hydrogen) atoms. The number of carbonyl (C=O) groups is 2. The fraction of sp³-hybridized carbons (Fsp3) is 0.481. The topological polar surface area (TPSA) is 71.5 Å². The van der Waals surface area contributed by atoms with E-state index in [9.17, 15) is 9.59 Å². The minimum Gasteiger partial charge on any atom is -0.494 e. The van der Waals surface area contributed by atoms with E-state index < -0.39 is 6.16 Å². The lowest BCUT2D eigenvalue weighted by atomic mass is 10.0. The molecule has 0 bridgehead atoms. The van der Waals surface area contributed by atoms with Gasteiger partial charge in [-0.3, -0.25) is 14.6 Å². The van der Waals surface area contributed by atoms with Gasteiger partial charge in [0.15, 0.2) is 6.73 Å². The summed E-state index contributed by atoms with van der Waals surface area (Å²) in [5.41, 5.74) is 2.74. The largest absolute Gasteiger partial charge is 0.510 e. The summed E-state index contributed by atoms with van der Waals surface area (Å²) in [6.07, 6.45) is 2.19. The molecule has 10 heteroatoms. The van der Waals surface area contributed by atoms with E-state index in [0.717, 1.165) is 62.5 Å². The first-order chi connectivity index (χ1) is 18.0. The average Bonchev–Trinajstić information content (AvgIpc) is 2.90. The molecule has 0 aliphatic carbocycles. The first-order valence-electron chi connectivity index (χ1n) is 12.7. The lowest BCUT2D eigenvalue weighted by Crippen LogP contribution is -2.46. The Kier molecular flexibility index (Phi) is 9.77.